The van der Waals surface area contributed by atoms with Gasteiger partial charge in [-0.1, -0.05) is 44.0 Å². The summed E-state index contributed by atoms with van der Waals surface area (Å²) in [7, 11) is 1.61. The molecule has 3 atom stereocenters. The highest BCUT2D eigenvalue weighted by atomic mass is 35.5. The van der Waals surface area contributed by atoms with Crippen LogP contribution in [-0.2, 0) is 0 Å². The lowest BCUT2D eigenvalue weighted by Crippen LogP contribution is -2.61. The predicted octanol–water partition coefficient (Wildman–Crippen LogP) is 7.80. The van der Waals surface area contributed by atoms with E-state index in [9.17, 15) is 9.90 Å². The zero-order valence-corrected chi connectivity index (χ0v) is 24.1. The first-order valence-corrected chi connectivity index (χ1v) is 14.0. The fraction of sp³-hybridized carbons (Fsp3) is 0.483. The van der Waals surface area contributed by atoms with Gasteiger partial charge >= 0.3 is 6.09 Å². The minimum atomic E-state index is -0.793. The number of carboxylic acid groups (broad SMARTS) is 1. The van der Waals surface area contributed by atoms with E-state index in [1.54, 1.807) is 24.1 Å². The molecule has 0 spiro atoms. The molecule has 3 aromatic rings. The Morgan fingerprint density at radius 2 is 1.97 bits per heavy atom. The van der Waals surface area contributed by atoms with E-state index in [-0.39, 0.29) is 17.0 Å². The van der Waals surface area contributed by atoms with Crippen LogP contribution in [0.2, 0.25) is 10.0 Å². The van der Waals surface area contributed by atoms with Gasteiger partial charge in [0.25, 0.3) is 0 Å². The number of fused-ring (bicyclic) bond motifs is 3. The van der Waals surface area contributed by atoms with Gasteiger partial charge in [0.15, 0.2) is 11.5 Å². The van der Waals surface area contributed by atoms with E-state index < -0.39 is 6.09 Å². The zero-order chi connectivity index (χ0) is 27.9. The number of methoxy groups -OCH3 is 1. The van der Waals surface area contributed by atoms with Crippen molar-refractivity contribution in [3.05, 3.63) is 46.7 Å². The van der Waals surface area contributed by atoms with Gasteiger partial charge in [-0.2, -0.15) is 0 Å². The molecule has 5 rings (SSSR count). The van der Waals surface area contributed by atoms with Crippen LogP contribution >= 0.6 is 23.2 Å². The highest BCUT2D eigenvalue weighted by molar-refractivity contribution is 6.42. The van der Waals surface area contributed by atoms with Gasteiger partial charge in [-0.05, 0) is 67.7 Å². The maximum Gasteiger partial charge on any atom is 0.408 e. The van der Waals surface area contributed by atoms with E-state index >= 15 is 0 Å². The summed E-state index contributed by atoms with van der Waals surface area (Å²) in [4.78, 5) is 22.8. The molecule has 2 saturated heterocycles. The van der Waals surface area contributed by atoms with Crippen molar-refractivity contribution >= 4 is 51.7 Å². The van der Waals surface area contributed by atoms with Crippen LogP contribution in [0.25, 0.3) is 10.9 Å². The number of piperidine rings is 1. The third-order valence-electron chi connectivity index (χ3n) is 8.44. The molecular formula is C29H34Cl2N4O4. The fourth-order valence-electron chi connectivity index (χ4n) is 6.46. The molecule has 208 valence electrons. The van der Waals surface area contributed by atoms with E-state index in [0.29, 0.717) is 45.4 Å². The molecule has 2 aromatic carbocycles. The van der Waals surface area contributed by atoms with Crippen LogP contribution in [0, 0.1) is 11.3 Å². The molecule has 3 unspecified atom stereocenters. The summed E-state index contributed by atoms with van der Waals surface area (Å²) in [6.45, 7) is 7.00. The number of amides is 1. The second kappa shape index (κ2) is 10.5. The van der Waals surface area contributed by atoms with Crippen molar-refractivity contribution in [2.45, 2.75) is 64.5 Å². The molecular weight excluding hydrogens is 539 g/mol. The smallest absolute Gasteiger partial charge is 0.408 e. The lowest BCUT2D eigenvalue weighted by Gasteiger charge is -2.53. The molecule has 10 heteroatoms. The molecule has 2 aliphatic heterocycles. The minimum Gasteiger partial charge on any atom is -0.493 e. The molecule has 0 saturated carbocycles. The van der Waals surface area contributed by atoms with Crippen molar-refractivity contribution in [3.63, 3.8) is 0 Å². The maximum absolute atomic E-state index is 12.2. The van der Waals surface area contributed by atoms with E-state index in [2.05, 4.69) is 36.1 Å². The number of hydrogen-bond acceptors (Lipinski definition) is 6. The van der Waals surface area contributed by atoms with Gasteiger partial charge in [-0.3, -0.25) is 4.90 Å². The topological polar surface area (TPSA) is 96.8 Å². The number of carbonyl (C=O) groups is 1. The van der Waals surface area contributed by atoms with Gasteiger partial charge in [0.1, 0.15) is 12.1 Å². The summed E-state index contributed by atoms with van der Waals surface area (Å²) in [6.07, 6.45) is 5.12. The maximum atomic E-state index is 12.2. The van der Waals surface area contributed by atoms with Crippen molar-refractivity contribution in [2.75, 3.05) is 19.0 Å². The number of nitrogens with zero attached hydrogens (tertiary/aromatic N) is 3. The predicted molar refractivity (Wildman–Crippen MR) is 154 cm³/mol. The number of halogens is 2. The van der Waals surface area contributed by atoms with Crippen molar-refractivity contribution < 1.29 is 19.4 Å². The third-order valence-corrected chi connectivity index (χ3v) is 9.18. The molecule has 39 heavy (non-hydrogen) atoms. The Labute approximate surface area is 238 Å². The second-order valence-electron chi connectivity index (χ2n) is 11.6. The molecule has 2 fully saturated rings. The number of hydrogen-bond donors (Lipinski definition) is 2. The Kier molecular flexibility index (Phi) is 7.46. The van der Waals surface area contributed by atoms with Crippen LogP contribution in [-0.4, -0.2) is 51.4 Å². The van der Waals surface area contributed by atoms with E-state index in [4.69, 9.17) is 32.7 Å². The Hall–Kier alpha value is -2.97. The quantitative estimate of drug-likeness (QED) is 0.298. The molecule has 1 amide bonds. The standard InChI is InChI=1S/C29H34Cl2N4O4/c1-28(2,3)29-9-7-19(35(29)27(36)37)11-17(15-29)8-10-39-25-14-23-20(13-24(25)38-4)26(33-16-32-23)34-18-5-6-21(30)22(31)12-18/h5-6,12-14,16-17,19H,7-11,15H2,1-4H3,(H,36,37)(H,32,33,34). The Balaban J connectivity index is 1.31. The first-order valence-electron chi connectivity index (χ1n) is 13.2. The van der Waals surface area contributed by atoms with Gasteiger partial charge in [-0.15, -0.1) is 0 Å². The van der Waals surface area contributed by atoms with E-state index in [1.807, 2.05) is 18.2 Å². The fourth-order valence-corrected chi connectivity index (χ4v) is 6.76. The van der Waals surface area contributed by atoms with Crippen LogP contribution in [0.15, 0.2) is 36.7 Å². The lowest BCUT2D eigenvalue weighted by molar-refractivity contribution is -0.0356. The number of rotatable bonds is 7. The van der Waals surface area contributed by atoms with Crippen LogP contribution in [0.3, 0.4) is 0 Å². The van der Waals surface area contributed by atoms with Gasteiger partial charge in [-0.25, -0.2) is 14.8 Å². The largest absolute Gasteiger partial charge is 0.493 e. The first-order chi connectivity index (χ1) is 18.5. The number of nitrogens with one attached hydrogen (secondary N) is 1. The molecule has 1 aromatic heterocycles. The Morgan fingerprint density at radius 1 is 1.18 bits per heavy atom. The summed E-state index contributed by atoms with van der Waals surface area (Å²) in [5, 5.41) is 15.0. The summed E-state index contributed by atoms with van der Waals surface area (Å²) in [6, 6.07) is 9.10. The molecule has 2 aliphatic rings. The number of ether oxygens (including phenoxy) is 2. The zero-order valence-electron chi connectivity index (χ0n) is 22.6. The molecule has 2 N–H and O–H groups in total. The third kappa shape index (κ3) is 5.16. The average Bonchev–Trinajstić information content (AvgIpc) is 3.14. The van der Waals surface area contributed by atoms with Crippen LogP contribution in [0.5, 0.6) is 11.5 Å². The van der Waals surface area contributed by atoms with Crippen molar-refractivity contribution in [1.29, 1.82) is 0 Å². The SMILES string of the molecule is COc1cc2c(Nc3ccc(Cl)c(Cl)c3)ncnc2cc1OCCC1CC2CCC(C(C)(C)C)(C1)N2C(=O)O. The molecule has 0 aliphatic carbocycles. The second-order valence-corrected chi connectivity index (χ2v) is 12.4. The Morgan fingerprint density at radius 3 is 2.67 bits per heavy atom. The molecule has 0 radical (unpaired) electrons. The van der Waals surface area contributed by atoms with Crippen molar-refractivity contribution in [1.82, 2.24) is 14.9 Å². The minimum absolute atomic E-state index is 0.0776. The van der Waals surface area contributed by atoms with Crippen LogP contribution in [0.1, 0.15) is 52.9 Å². The highest BCUT2D eigenvalue weighted by Gasteiger charge is 2.59. The van der Waals surface area contributed by atoms with Gasteiger partial charge in [0, 0.05) is 23.2 Å². The summed E-state index contributed by atoms with van der Waals surface area (Å²) in [5.41, 5.74) is 0.994. The summed E-state index contributed by atoms with van der Waals surface area (Å²) in [5.74, 6) is 2.20. The molecule has 8 nitrogen and oxygen atoms in total. The number of benzene rings is 2. The van der Waals surface area contributed by atoms with E-state index in [0.717, 1.165) is 43.2 Å². The van der Waals surface area contributed by atoms with Crippen LogP contribution < -0.4 is 14.8 Å². The summed E-state index contributed by atoms with van der Waals surface area (Å²) < 4.78 is 11.9. The number of aromatic nitrogens is 2. The monoisotopic (exact) mass is 572 g/mol. The normalized spacial score (nSPS) is 22.7. The van der Waals surface area contributed by atoms with Crippen molar-refractivity contribution in [2.24, 2.45) is 11.3 Å². The van der Waals surface area contributed by atoms with Crippen LogP contribution in [0.4, 0.5) is 16.3 Å². The lowest BCUT2D eigenvalue weighted by atomic mass is 9.66. The summed E-state index contributed by atoms with van der Waals surface area (Å²) >= 11 is 12.2. The molecule has 2 bridgehead atoms. The van der Waals surface area contributed by atoms with Gasteiger partial charge < -0.3 is 19.9 Å². The highest BCUT2D eigenvalue weighted by Crippen LogP contribution is 2.55. The number of anilines is 2. The first kappa shape index (κ1) is 27.6. The molecule has 3 heterocycles. The Bertz CT molecular complexity index is 1400. The van der Waals surface area contributed by atoms with E-state index in [1.165, 1.54) is 6.33 Å². The van der Waals surface area contributed by atoms with Gasteiger partial charge in [0.05, 0.1) is 34.8 Å². The average molecular weight is 574 g/mol. The van der Waals surface area contributed by atoms with Crippen molar-refractivity contribution in [3.8, 4) is 11.5 Å². The van der Waals surface area contributed by atoms with Gasteiger partial charge in [0.2, 0.25) is 0 Å².